The molecular weight excluding hydrogens is 276 g/mol. The van der Waals surface area contributed by atoms with Crippen molar-refractivity contribution in [1.29, 1.82) is 0 Å². The van der Waals surface area contributed by atoms with Crippen LogP contribution in [0.25, 0.3) is 0 Å². The number of aromatic nitrogens is 1. The van der Waals surface area contributed by atoms with Gasteiger partial charge in [-0.15, -0.1) is 11.3 Å². The molecule has 1 aliphatic rings. The average molecular weight is 309 g/mol. The van der Waals surface area contributed by atoms with Gasteiger partial charge in [0.15, 0.2) is 0 Å². The minimum atomic E-state index is 0.504. The van der Waals surface area contributed by atoms with Crippen molar-refractivity contribution in [1.82, 2.24) is 10.3 Å². The maximum atomic E-state index is 4.69. The molecule has 1 heterocycles. The summed E-state index contributed by atoms with van der Waals surface area (Å²) in [5, 5.41) is 7.15. The van der Waals surface area contributed by atoms with Gasteiger partial charge in [-0.2, -0.15) is 0 Å². The van der Waals surface area contributed by atoms with Crippen LogP contribution in [0, 0.1) is 30.1 Å². The SMILES string of the molecule is Cc1nc(CC2CC(C)(C)CCC2CNCC(C)C)cs1. The minimum absolute atomic E-state index is 0.504. The molecule has 1 fully saturated rings. The van der Waals surface area contributed by atoms with E-state index in [1.54, 1.807) is 11.3 Å². The Morgan fingerprint density at radius 2 is 2.14 bits per heavy atom. The highest BCUT2D eigenvalue weighted by molar-refractivity contribution is 7.09. The Bertz CT molecular complexity index is 436. The molecule has 1 N–H and O–H groups in total. The van der Waals surface area contributed by atoms with Gasteiger partial charge in [-0.3, -0.25) is 0 Å². The second-order valence-corrected chi connectivity index (χ2v) is 9.10. The third kappa shape index (κ3) is 5.37. The van der Waals surface area contributed by atoms with Crippen molar-refractivity contribution in [2.75, 3.05) is 13.1 Å². The van der Waals surface area contributed by atoms with Crippen LogP contribution in [-0.4, -0.2) is 18.1 Å². The first-order valence-corrected chi connectivity index (χ1v) is 9.35. The Kier molecular flexibility index (Phi) is 5.84. The summed E-state index contributed by atoms with van der Waals surface area (Å²) in [6, 6.07) is 0. The number of aryl methyl sites for hydroxylation is 1. The number of hydrogen-bond acceptors (Lipinski definition) is 3. The molecule has 3 heteroatoms. The molecule has 2 unspecified atom stereocenters. The van der Waals surface area contributed by atoms with Gasteiger partial charge in [0.25, 0.3) is 0 Å². The predicted molar refractivity (Wildman–Crippen MR) is 92.9 cm³/mol. The molecule has 2 nitrogen and oxygen atoms in total. The van der Waals surface area contributed by atoms with Crippen LogP contribution in [0.15, 0.2) is 5.38 Å². The number of thiazole rings is 1. The van der Waals surface area contributed by atoms with E-state index in [0.717, 1.165) is 24.3 Å². The van der Waals surface area contributed by atoms with Crippen LogP contribution in [0.5, 0.6) is 0 Å². The van der Waals surface area contributed by atoms with Gasteiger partial charge in [0.05, 0.1) is 10.7 Å². The van der Waals surface area contributed by atoms with Crippen molar-refractivity contribution in [3.05, 3.63) is 16.1 Å². The summed E-state index contributed by atoms with van der Waals surface area (Å²) in [5.41, 5.74) is 1.82. The molecular formula is C18H32N2S. The second-order valence-electron chi connectivity index (χ2n) is 8.04. The topological polar surface area (TPSA) is 24.9 Å². The van der Waals surface area contributed by atoms with Gasteiger partial charge in [-0.1, -0.05) is 27.7 Å². The lowest BCUT2D eigenvalue weighted by molar-refractivity contribution is 0.115. The highest BCUT2D eigenvalue weighted by atomic mass is 32.1. The van der Waals surface area contributed by atoms with Crippen LogP contribution >= 0.6 is 11.3 Å². The summed E-state index contributed by atoms with van der Waals surface area (Å²) in [4.78, 5) is 4.69. The van der Waals surface area contributed by atoms with Gasteiger partial charge < -0.3 is 5.32 Å². The molecule has 1 saturated carbocycles. The minimum Gasteiger partial charge on any atom is -0.316 e. The molecule has 120 valence electrons. The van der Waals surface area contributed by atoms with E-state index in [1.807, 2.05) is 0 Å². The van der Waals surface area contributed by atoms with E-state index in [2.05, 4.69) is 45.3 Å². The molecule has 2 atom stereocenters. The summed E-state index contributed by atoms with van der Waals surface area (Å²) >= 11 is 1.79. The lowest BCUT2D eigenvalue weighted by Crippen LogP contribution is -2.37. The summed E-state index contributed by atoms with van der Waals surface area (Å²) in [5.74, 6) is 2.35. The molecule has 2 rings (SSSR count). The molecule has 0 aliphatic heterocycles. The van der Waals surface area contributed by atoms with Crippen molar-refractivity contribution < 1.29 is 0 Å². The van der Waals surface area contributed by atoms with Crippen LogP contribution in [0.2, 0.25) is 0 Å². The molecule has 1 aromatic rings. The monoisotopic (exact) mass is 308 g/mol. The third-order valence-electron chi connectivity index (χ3n) is 4.77. The molecule has 0 amide bonds. The number of hydrogen-bond donors (Lipinski definition) is 1. The quantitative estimate of drug-likeness (QED) is 0.825. The lowest BCUT2D eigenvalue weighted by Gasteiger charge is -2.41. The van der Waals surface area contributed by atoms with Gasteiger partial charge in [0, 0.05) is 5.38 Å². The van der Waals surface area contributed by atoms with E-state index in [1.165, 1.54) is 42.9 Å². The van der Waals surface area contributed by atoms with Gasteiger partial charge in [-0.25, -0.2) is 4.98 Å². The summed E-state index contributed by atoms with van der Waals surface area (Å²) in [6.45, 7) is 13.9. The fraction of sp³-hybridized carbons (Fsp3) is 0.833. The molecule has 0 bridgehead atoms. The smallest absolute Gasteiger partial charge is 0.0897 e. The molecule has 0 saturated heterocycles. The van der Waals surface area contributed by atoms with E-state index in [-0.39, 0.29) is 0 Å². The summed E-state index contributed by atoms with van der Waals surface area (Å²) in [7, 11) is 0. The molecule has 1 aromatic heterocycles. The Balaban J connectivity index is 1.96. The van der Waals surface area contributed by atoms with Crippen LogP contribution in [-0.2, 0) is 6.42 Å². The molecule has 0 aromatic carbocycles. The first kappa shape index (κ1) is 17.0. The number of nitrogens with zero attached hydrogens (tertiary/aromatic N) is 1. The molecule has 1 aliphatic carbocycles. The van der Waals surface area contributed by atoms with Crippen molar-refractivity contribution in [3.8, 4) is 0 Å². The van der Waals surface area contributed by atoms with E-state index in [9.17, 15) is 0 Å². The Hall–Kier alpha value is -0.410. The Morgan fingerprint density at radius 3 is 2.76 bits per heavy atom. The Morgan fingerprint density at radius 1 is 1.38 bits per heavy atom. The number of nitrogens with one attached hydrogen (secondary N) is 1. The maximum absolute atomic E-state index is 4.69. The van der Waals surface area contributed by atoms with Crippen molar-refractivity contribution >= 4 is 11.3 Å². The lowest BCUT2D eigenvalue weighted by atomic mass is 9.66. The van der Waals surface area contributed by atoms with E-state index in [4.69, 9.17) is 4.98 Å². The fourth-order valence-corrected chi connectivity index (χ4v) is 4.25. The zero-order valence-electron chi connectivity index (χ0n) is 14.4. The molecule has 21 heavy (non-hydrogen) atoms. The first-order chi connectivity index (χ1) is 9.85. The van der Waals surface area contributed by atoms with Crippen LogP contribution < -0.4 is 5.32 Å². The van der Waals surface area contributed by atoms with Gasteiger partial charge in [-0.05, 0) is 68.9 Å². The van der Waals surface area contributed by atoms with E-state index in [0.29, 0.717) is 5.41 Å². The summed E-state index contributed by atoms with van der Waals surface area (Å²) < 4.78 is 0. The van der Waals surface area contributed by atoms with E-state index >= 15 is 0 Å². The first-order valence-electron chi connectivity index (χ1n) is 8.47. The van der Waals surface area contributed by atoms with Crippen molar-refractivity contribution in [2.24, 2.45) is 23.2 Å². The third-order valence-corrected chi connectivity index (χ3v) is 5.59. The second kappa shape index (κ2) is 7.23. The van der Waals surface area contributed by atoms with Gasteiger partial charge >= 0.3 is 0 Å². The van der Waals surface area contributed by atoms with Crippen molar-refractivity contribution in [2.45, 2.75) is 60.3 Å². The molecule has 0 radical (unpaired) electrons. The highest BCUT2D eigenvalue weighted by Crippen LogP contribution is 2.43. The highest BCUT2D eigenvalue weighted by Gasteiger charge is 2.34. The van der Waals surface area contributed by atoms with Gasteiger partial charge in [0.2, 0.25) is 0 Å². The number of rotatable bonds is 6. The standard InChI is InChI=1S/C18H32N2S/c1-13(2)10-19-11-15-6-7-18(4,5)9-16(15)8-17-12-21-14(3)20-17/h12-13,15-16,19H,6-11H2,1-5H3. The van der Waals surface area contributed by atoms with Crippen LogP contribution in [0.4, 0.5) is 0 Å². The average Bonchev–Trinajstić information content (AvgIpc) is 2.76. The zero-order chi connectivity index (χ0) is 15.5. The van der Waals surface area contributed by atoms with Crippen molar-refractivity contribution in [3.63, 3.8) is 0 Å². The normalized spacial score (nSPS) is 25.4. The zero-order valence-corrected chi connectivity index (χ0v) is 15.2. The fourth-order valence-electron chi connectivity index (χ4n) is 3.63. The van der Waals surface area contributed by atoms with Crippen LogP contribution in [0.1, 0.15) is 57.7 Å². The largest absolute Gasteiger partial charge is 0.316 e. The van der Waals surface area contributed by atoms with Gasteiger partial charge in [0.1, 0.15) is 0 Å². The summed E-state index contributed by atoms with van der Waals surface area (Å²) in [6.07, 6.45) is 5.25. The van der Waals surface area contributed by atoms with E-state index < -0.39 is 0 Å². The van der Waals surface area contributed by atoms with Crippen LogP contribution in [0.3, 0.4) is 0 Å². The molecule has 0 spiro atoms. The maximum Gasteiger partial charge on any atom is 0.0897 e. The predicted octanol–water partition coefficient (Wildman–Crippen LogP) is 4.68. The Labute approximate surface area is 134 Å².